The van der Waals surface area contributed by atoms with Crippen molar-refractivity contribution in [2.75, 3.05) is 13.2 Å². The molecule has 0 bridgehead atoms. The van der Waals surface area contributed by atoms with Gasteiger partial charge in [-0.3, -0.25) is 4.79 Å². The standard InChI is InChI=1S/C15H23BrN2O2/c1-2-18-9-13(16)7-14(18)15(20)17-8-11-5-3-4-6-12(11)10-19/h7,9,11-12,19H,2-6,8,10H2,1H3,(H,17,20). The average Bonchev–Trinajstić information content (AvgIpc) is 2.86. The van der Waals surface area contributed by atoms with Gasteiger partial charge in [0.1, 0.15) is 5.69 Å². The lowest BCUT2D eigenvalue weighted by Gasteiger charge is -2.30. The van der Waals surface area contributed by atoms with Crippen LogP contribution in [-0.4, -0.2) is 28.7 Å². The SMILES string of the molecule is CCn1cc(Br)cc1C(=O)NCC1CCCCC1CO. The number of aryl methyl sites for hydroxylation is 1. The van der Waals surface area contributed by atoms with Crippen molar-refractivity contribution in [1.82, 2.24) is 9.88 Å². The van der Waals surface area contributed by atoms with Crippen molar-refractivity contribution in [3.8, 4) is 0 Å². The Hall–Kier alpha value is -0.810. The number of amides is 1. The zero-order valence-corrected chi connectivity index (χ0v) is 13.5. The fourth-order valence-electron chi connectivity index (χ4n) is 3.03. The van der Waals surface area contributed by atoms with Crippen LogP contribution in [0.4, 0.5) is 0 Å². The number of nitrogens with one attached hydrogen (secondary N) is 1. The Kier molecular flexibility index (Phi) is 5.66. The second kappa shape index (κ2) is 7.27. The average molecular weight is 343 g/mol. The minimum atomic E-state index is -0.0280. The summed E-state index contributed by atoms with van der Waals surface area (Å²) in [5.74, 6) is 0.722. The van der Waals surface area contributed by atoms with Crippen LogP contribution < -0.4 is 5.32 Å². The Balaban J connectivity index is 1.94. The van der Waals surface area contributed by atoms with Gasteiger partial charge < -0.3 is 15.0 Å². The number of hydrogen-bond donors (Lipinski definition) is 2. The molecule has 1 aromatic rings. The molecule has 4 nitrogen and oxygen atoms in total. The normalized spacial score (nSPS) is 22.8. The van der Waals surface area contributed by atoms with Crippen molar-refractivity contribution in [2.24, 2.45) is 11.8 Å². The molecule has 1 aliphatic rings. The molecular weight excluding hydrogens is 320 g/mol. The molecule has 2 unspecified atom stereocenters. The van der Waals surface area contributed by atoms with Crippen LogP contribution in [0.25, 0.3) is 0 Å². The smallest absolute Gasteiger partial charge is 0.267 e. The van der Waals surface area contributed by atoms with E-state index in [1.54, 1.807) is 0 Å². The summed E-state index contributed by atoms with van der Waals surface area (Å²) in [7, 11) is 0. The van der Waals surface area contributed by atoms with Gasteiger partial charge in [0.05, 0.1) is 0 Å². The highest BCUT2D eigenvalue weighted by Crippen LogP contribution is 2.29. The third-order valence-corrected chi connectivity index (χ3v) is 4.70. The van der Waals surface area contributed by atoms with Gasteiger partial charge >= 0.3 is 0 Å². The fourth-order valence-corrected chi connectivity index (χ4v) is 3.50. The van der Waals surface area contributed by atoms with E-state index in [-0.39, 0.29) is 12.5 Å². The molecule has 1 amide bonds. The second-order valence-corrected chi connectivity index (χ2v) is 6.44. The summed E-state index contributed by atoms with van der Waals surface area (Å²) in [6.45, 7) is 3.69. The van der Waals surface area contributed by atoms with Crippen LogP contribution >= 0.6 is 15.9 Å². The van der Waals surface area contributed by atoms with Crippen molar-refractivity contribution < 1.29 is 9.90 Å². The molecule has 0 aromatic carbocycles. The molecule has 0 radical (unpaired) electrons. The number of hydrogen-bond acceptors (Lipinski definition) is 2. The Bertz CT molecular complexity index is 459. The maximum absolute atomic E-state index is 12.3. The summed E-state index contributed by atoms with van der Waals surface area (Å²) >= 11 is 3.41. The van der Waals surface area contributed by atoms with Gasteiger partial charge in [-0.1, -0.05) is 12.8 Å². The van der Waals surface area contributed by atoms with Crippen molar-refractivity contribution in [3.05, 3.63) is 22.4 Å². The van der Waals surface area contributed by atoms with Crippen molar-refractivity contribution in [1.29, 1.82) is 0 Å². The van der Waals surface area contributed by atoms with Gasteiger partial charge in [0.25, 0.3) is 5.91 Å². The number of halogens is 1. The highest BCUT2D eigenvalue weighted by molar-refractivity contribution is 9.10. The van der Waals surface area contributed by atoms with E-state index in [0.717, 1.165) is 23.9 Å². The molecule has 1 aromatic heterocycles. The summed E-state index contributed by atoms with van der Waals surface area (Å²) in [6, 6.07) is 1.85. The predicted octanol–water partition coefficient (Wildman–Crippen LogP) is 2.80. The molecule has 20 heavy (non-hydrogen) atoms. The molecule has 2 N–H and O–H groups in total. The Morgan fingerprint density at radius 1 is 1.45 bits per heavy atom. The molecule has 2 rings (SSSR count). The molecule has 0 spiro atoms. The van der Waals surface area contributed by atoms with E-state index in [9.17, 15) is 9.90 Å². The zero-order chi connectivity index (χ0) is 14.5. The number of aliphatic hydroxyl groups is 1. The number of rotatable bonds is 5. The summed E-state index contributed by atoms with van der Waals surface area (Å²) in [5.41, 5.74) is 0.690. The fraction of sp³-hybridized carbons (Fsp3) is 0.667. The van der Waals surface area contributed by atoms with Gasteiger partial charge in [-0.15, -0.1) is 0 Å². The van der Waals surface area contributed by atoms with E-state index in [0.29, 0.717) is 24.1 Å². The van der Waals surface area contributed by atoms with Gasteiger partial charge in [0.2, 0.25) is 0 Å². The molecule has 1 saturated carbocycles. The maximum Gasteiger partial charge on any atom is 0.267 e. The first kappa shape index (κ1) is 15.6. The molecule has 2 atom stereocenters. The third-order valence-electron chi connectivity index (χ3n) is 4.26. The lowest BCUT2D eigenvalue weighted by Crippen LogP contribution is -2.36. The monoisotopic (exact) mass is 342 g/mol. The van der Waals surface area contributed by atoms with Crippen LogP contribution in [-0.2, 0) is 6.54 Å². The van der Waals surface area contributed by atoms with E-state index in [1.165, 1.54) is 12.8 Å². The zero-order valence-electron chi connectivity index (χ0n) is 11.9. The van der Waals surface area contributed by atoms with E-state index in [4.69, 9.17) is 0 Å². The highest BCUT2D eigenvalue weighted by atomic mass is 79.9. The minimum absolute atomic E-state index is 0.0280. The van der Waals surface area contributed by atoms with Gasteiger partial charge in [0.15, 0.2) is 0 Å². The Labute approximate surface area is 128 Å². The van der Waals surface area contributed by atoms with Gasteiger partial charge in [-0.05, 0) is 53.6 Å². The Morgan fingerprint density at radius 2 is 2.15 bits per heavy atom. The maximum atomic E-state index is 12.3. The van der Waals surface area contributed by atoms with Crippen LogP contribution in [0.1, 0.15) is 43.1 Å². The first-order chi connectivity index (χ1) is 9.65. The molecule has 1 aliphatic carbocycles. The largest absolute Gasteiger partial charge is 0.396 e. The molecule has 1 heterocycles. The van der Waals surface area contributed by atoms with E-state index >= 15 is 0 Å². The molecule has 112 valence electrons. The first-order valence-corrected chi connectivity index (χ1v) is 8.19. The molecule has 0 saturated heterocycles. The molecular formula is C15H23BrN2O2. The van der Waals surface area contributed by atoms with E-state index < -0.39 is 0 Å². The summed E-state index contributed by atoms with van der Waals surface area (Å²) in [4.78, 5) is 12.3. The van der Waals surface area contributed by atoms with Gasteiger partial charge in [-0.2, -0.15) is 0 Å². The third kappa shape index (κ3) is 3.64. The van der Waals surface area contributed by atoms with Gasteiger partial charge in [0, 0.05) is 30.4 Å². The minimum Gasteiger partial charge on any atom is -0.396 e. The van der Waals surface area contributed by atoms with Crippen LogP contribution in [0, 0.1) is 11.8 Å². The van der Waals surface area contributed by atoms with Crippen molar-refractivity contribution in [3.63, 3.8) is 0 Å². The molecule has 1 fully saturated rings. The quantitative estimate of drug-likeness (QED) is 0.864. The number of nitrogens with zero attached hydrogens (tertiary/aromatic N) is 1. The molecule has 5 heteroatoms. The summed E-state index contributed by atoms with van der Waals surface area (Å²) in [5, 5.41) is 12.4. The molecule has 0 aliphatic heterocycles. The van der Waals surface area contributed by atoms with Crippen molar-refractivity contribution >= 4 is 21.8 Å². The van der Waals surface area contributed by atoms with Gasteiger partial charge in [-0.25, -0.2) is 0 Å². The number of aromatic nitrogens is 1. The lowest BCUT2D eigenvalue weighted by molar-refractivity contribution is 0.0900. The summed E-state index contributed by atoms with van der Waals surface area (Å²) < 4.78 is 2.86. The van der Waals surface area contributed by atoms with Crippen LogP contribution in [0.15, 0.2) is 16.7 Å². The predicted molar refractivity (Wildman–Crippen MR) is 82.7 cm³/mol. The first-order valence-electron chi connectivity index (χ1n) is 7.40. The lowest BCUT2D eigenvalue weighted by atomic mass is 9.79. The van der Waals surface area contributed by atoms with E-state index in [2.05, 4.69) is 21.2 Å². The topological polar surface area (TPSA) is 54.3 Å². The van der Waals surface area contributed by atoms with Crippen LogP contribution in [0.3, 0.4) is 0 Å². The van der Waals surface area contributed by atoms with Crippen LogP contribution in [0.2, 0.25) is 0 Å². The summed E-state index contributed by atoms with van der Waals surface area (Å²) in [6.07, 6.45) is 6.50. The van der Waals surface area contributed by atoms with E-state index in [1.807, 2.05) is 23.8 Å². The van der Waals surface area contributed by atoms with Crippen LogP contribution in [0.5, 0.6) is 0 Å². The Morgan fingerprint density at radius 3 is 2.80 bits per heavy atom. The highest BCUT2D eigenvalue weighted by Gasteiger charge is 2.25. The van der Waals surface area contributed by atoms with Crippen molar-refractivity contribution in [2.45, 2.75) is 39.2 Å². The number of carbonyl (C=O) groups excluding carboxylic acids is 1. The number of carbonyl (C=O) groups is 1. The number of aliphatic hydroxyl groups excluding tert-OH is 1. The second-order valence-electron chi connectivity index (χ2n) is 5.53.